The lowest BCUT2D eigenvalue weighted by Gasteiger charge is -2.37. The second kappa shape index (κ2) is 8.68. The van der Waals surface area contributed by atoms with Gasteiger partial charge in [0.15, 0.2) is 0 Å². The monoisotopic (exact) mass is 398 g/mol. The van der Waals surface area contributed by atoms with Gasteiger partial charge in [0.1, 0.15) is 11.3 Å². The number of hydrogen-bond acceptors (Lipinski definition) is 5. The molecule has 156 valence electrons. The summed E-state index contributed by atoms with van der Waals surface area (Å²) in [5.41, 5.74) is 2.69. The normalized spacial score (nSPS) is 18.0. The third-order valence-electron chi connectivity index (χ3n) is 5.00. The van der Waals surface area contributed by atoms with Gasteiger partial charge in [-0.3, -0.25) is 9.58 Å². The number of likely N-dealkylation sites (tertiary alicyclic amines) is 1. The van der Waals surface area contributed by atoms with Crippen LogP contribution in [0.25, 0.3) is 11.1 Å². The van der Waals surface area contributed by atoms with Crippen molar-refractivity contribution in [2.24, 2.45) is 5.16 Å². The van der Waals surface area contributed by atoms with Crippen LogP contribution in [0.4, 0.5) is 4.79 Å². The fraction of sp³-hybridized carbons (Fsp3) is 0.500. The molecular weight excluding hydrogens is 368 g/mol. The average molecular weight is 399 g/mol. The van der Waals surface area contributed by atoms with E-state index >= 15 is 0 Å². The van der Waals surface area contributed by atoms with Gasteiger partial charge in [0.05, 0.1) is 12.2 Å². The van der Waals surface area contributed by atoms with Crippen molar-refractivity contribution in [3.8, 4) is 11.1 Å². The number of aromatic nitrogens is 2. The van der Waals surface area contributed by atoms with E-state index in [1.54, 1.807) is 4.90 Å². The van der Waals surface area contributed by atoms with Crippen molar-refractivity contribution >= 4 is 11.8 Å². The summed E-state index contributed by atoms with van der Waals surface area (Å²) in [6.07, 6.45) is 6.05. The third-order valence-corrected chi connectivity index (χ3v) is 5.00. The molecule has 1 fully saturated rings. The van der Waals surface area contributed by atoms with E-state index in [4.69, 9.17) is 4.74 Å². The van der Waals surface area contributed by atoms with Crippen LogP contribution in [0.15, 0.2) is 41.8 Å². The summed E-state index contributed by atoms with van der Waals surface area (Å²) in [6.45, 7) is 8.98. The fourth-order valence-corrected chi connectivity index (χ4v) is 3.62. The minimum absolute atomic E-state index is 0.322. The predicted octanol–water partition coefficient (Wildman–Crippen LogP) is 4.54. The molecule has 0 saturated carbocycles. The summed E-state index contributed by atoms with van der Waals surface area (Å²) in [4.78, 5) is 14.4. The molecule has 1 aliphatic rings. The summed E-state index contributed by atoms with van der Waals surface area (Å²) in [7, 11) is 0. The molecule has 7 heteroatoms. The lowest BCUT2D eigenvalue weighted by molar-refractivity contribution is 0.0165. The van der Waals surface area contributed by atoms with E-state index in [2.05, 4.69) is 10.3 Å². The quantitative estimate of drug-likeness (QED) is 0.466. The molecule has 2 heterocycles. The highest BCUT2D eigenvalue weighted by atomic mass is 16.6. The topological polar surface area (TPSA) is 80.0 Å². The number of ether oxygens (including phenoxy) is 1. The van der Waals surface area contributed by atoms with Gasteiger partial charge in [0.25, 0.3) is 0 Å². The van der Waals surface area contributed by atoms with Crippen molar-refractivity contribution in [1.82, 2.24) is 14.7 Å². The third kappa shape index (κ3) is 4.96. The first-order valence-electron chi connectivity index (χ1n) is 10.2. The molecule has 29 heavy (non-hydrogen) atoms. The molecule has 1 aromatic carbocycles. The van der Waals surface area contributed by atoms with E-state index in [1.807, 2.05) is 69.0 Å². The molecule has 7 nitrogen and oxygen atoms in total. The smallest absolute Gasteiger partial charge is 0.410 e. The van der Waals surface area contributed by atoms with Crippen LogP contribution in [0.3, 0.4) is 0 Å². The van der Waals surface area contributed by atoms with Gasteiger partial charge in [0, 0.05) is 30.4 Å². The Bertz CT molecular complexity index is 882. The van der Waals surface area contributed by atoms with Crippen LogP contribution < -0.4 is 0 Å². The van der Waals surface area contributed by atoms with Crippen LogP contribution in [-0.2, 0) is 11.3 Å². The molecular formula is C22H30N4O3. The Morgan fingerprint density at radius 1 is 1.31 bits per heavy atom. The number of hydrogen-bond donors (Lipinski definition) is 1. The number of carbonyl (C=O) groups excluding carboxylic acids is 1. The van der Waals surface area contributed by atoms with E-state index in [9.17, 15) is 10.0 Å². The largest absolute Gasteiger partial charge is 0.444 e. The number of aryl methyl sites for hydroxylation is 1. The summed E-state index contributed by atoms with van der Waals surface area (Å²) in [6, 6.07) is 7.50. The molecule has 0 unspecified atom stereocenters. The zero-order chi connectivity index (χ0) is 21.0. The highest BCUT2D eigenvalue weighted by Gasteiger charge is 2.34. The molecule has 0 aliphatic carbocycles. The molecule has 1 aromatic heterocycles. The van der Waals surface area contributed by atoms with Crippen molar-refractivity contribution in [2.75, 3.05) is 6.54 Å². The molecule has 1 atom stereocenters. The van der Waals surface area contributed by atoms with Crippen LogP contribution in [-0.4, -0.2) is 49.9 Å². The van der Waals surface area contributed by atoms with Gasteiger partial charge in [0.2, 0.25) is 0 Å². The zero-order valence-corrected chi connectivity index (χ0v) is 17.6. The van der Waals surface area contributed by atoms with E-state index in [0.29, 0.717) is 12.3 Å². The number of rotatable bonds is 4. The number of nitrogens with zero attached hydrogens (tertiary/aromatic N) is 4. The second-order valence-electron chi connectivity index (χ2n) is 8.34. The Kier molecular flexibility index (Phi) is 6.25. The van der Waals surface area contributed by atoms with E-state index in [1.165, 1.54) is 0 Å². The minimum Gasteiger partial charge on any atom is -0.444 e. The number of benzene rings is 1. The van der Waals surface area contributed by atoms with Crippen molar-refractivity contribution in [3.63, 3.8) is 0 Å². The molecule has 1 amide bonds. The van der Waals surface area contributed by atoms with Crippen LogP contribution >= 0.6 is 0 Å². The van der Waals surface area contributed by atoms with Crippen LogP contribution in [0, 0.1) is 0 Å². The summed E-state index contributed by atoms with van der Waals surface area (Å²) >= 11 is 0. The van der Waals surface area contributed by atoms with Crippen molar-refractivity contribution < 1.29 is 14.7 Å². The molecule has 0 spiro atoms. The summed E-state index contributed by atoms with van der Waals surface area (Å²) < 4.78 is 7.45. The maximum Gasteiger partial charge on any atom is 0.410 e. The highest BCUT2D eigenvalue weighted by Crippen LogP contribution is 2.26. The van der Waals surface area contributed by atoms with Gasteiger partial charge in [-0.15, -0.1) is 0 Å². The average Bonchev–Trinajstić information content (AvgIpc) is 3.17. The zero-order valence-electron chi connectivity index (χ0n) is 17.6. The van der Waals surface area contributed by atoms with Gasteiger partial charge in [-0.1, -0.05) is 23.4 Å². The van der Waals surface area contributed by atoms with Gasteiger partial charge in [-0.2, -0.15) is 5.10 Å². The van der Waals surface area contributed by atoms with Crippen molar-refractivity contribution in [2.45, 2.75) is 65.1 Å². The first kappa shape index (κ1) is 20.9. The van der Waals surface area contributed by atoms with E-state index < -0.39 is 5.60 Å². The molecule has 1 N–H and O–H groups in total. The molecule has 0 radical (unpaired) electrons. The number of oxime groups is 1. The van der Waals surface area contributed by atoms with Crippen molar-refractivity contribution in [1.29, 1.82) is 0 Å². The van der Waals surface area contributed by atoms with Gasteiger partial charge in [-0.05, 0) is 58.6 Å². The van der Waals surface area contributed by atoms with Crippen LogP contribution in [0.5, 0.6) is 0 Å². The lowest BCUT2D eigenvalue weighted by atomic mass is 9.92. The van der Waals surface area contributed by atoms with E-state index in [-0.39, 0.29) is 12.1 Å². The highest BCUT2D eigenvalue weighted by molar-refractivity contribution is 6.06. The Morgan fingerprint density at radius 3 is 2.76 bits per heavy atom. The summed E-state index contributed by atoms with van der Waals surface area (Å²) in [5.74, 6) is 0. The first-order valence-corrected chi connectivity index (χ1v) is 10.2. The molecule has 2 aromatic rings. The number of carbonyl (C=O) groups is 1. The maximum absolute atomic E-state index is 12.8. The first-order chi connectivity index (χ1) is 13.8. The molecule has 1 aliphatic heterocycles. The molecule has 0 bridgehead atoms. The van der Waals surface area contributed by atoms with Crippen LogP contribution in [0.1, 0.15) is 52.5 Å². The number of amides is 1. The standard InChI is InChI=1S/C22H30N4O3/c1-5-25-15-18(14-23-25)16-9-8-10-17(13-16)20(24-28)19-11-6-7-12-26(19)21(27)29-22(2,3)4/h8-10,13-15,19,28H,5-7,11-12H2,1-4H3/b24-20+/t19-/m0/s1. The van der Waals surface area contributed by atoms with Gasteiger partial charge >= 0.3 is 6.09 Å². The Hall–Kier alpha value is -2.83. The Morgan fingerprint density at radius 2 is 2.10 bits per heavy atom. The molecule has 1 saturated heterocycles. The Balaban J connectivity index is 1.89. The van der Waals surface area contributed by atoms with Crippen molar-refractivity contribution in [3.05, 3.63) is 42.2 Å². The van der Waals surface area contributed by atoms with Gasteiger partial charge < -0.3 is 9.94 Å². The SMILES string of the molecule is CCn1cc(-c2cccc(/C(=N\O)[C@@H]3CCCCN3C(=O)OC(C)(C)C)c2)cn1. The predicted molar refractivity (Wildman–Crippen MR) is 112 cm³/mol. The number of piperidine rings is 1. The van der Waals surface area contributed by atoms with E-state index in [0.717, 1.165) is 42.5 Å². The van der Waals surface area contributed by atoms with Gasteiger partial charge in [-0.25, -0.2) is 4.79 Å². The van der Waals surface area contributed by atoms with Crippen LogP contribution in [0.2, 0.25) is 0 Å². The second-order valence-corrected chi connectivity index (χ2v) is 8.34. The maximum atomic E-state index is 12.8. The fourth-order valence-electron chi connectivity index (χ4n) is 3.62. The Labute approximate surface area is 172 Å². The summed E-state index contributed by atoms with van der Waals surface area (Å²) in [5, 5.41) is 17.8. The minimum atomic E-state index is -0.574. The molecule has 3 rings (SSSR count). The lowest BCUT2D eigenvalue weighted by Crippen LogP contribution is -2.50.